The first-order chi connectivity index (χ1) is 15.0. The second-order valence-corrected chi connectivity index (χ2v) is 7.05. The van der Waals surface area contributed by atoms with Gasteiger partial charge >= 0.3 is 0 Å². The van der Waals surface area contributed by atoms with Crippen molar-refractivity contribution in [3.05, 3.63) is 48.8 Å². The van der Waals surface area contributed by atoms with Gasteiger partial charge in [-0.15, -0.1) is 5.10 Å². The van der Waals surface area contributed by atoms with Crippen LogP contribution in [0.25, 0.3) is 28.4 Å². The van der Waals surface area contributed by atoms with Crippen molar-refractivity contribution >= 4 is 17.3 Å². The fourth-order valence-electron chi connectivity index (χ4n) is 3.40. The average molecular weight is 416 g/mol. The number of fused-ring (bicyclic) bond motifs is 1. The van der Waals surface area contributed by atoms with Gasteiger partial charge in [0.25, 0.3) is 0 Å². The summed E-state index contributed by atoms with van der Waals surface area (Å²) < 4.78 is 10.6. The summed E-state index contributed by atoms with van der Waals surface area (Å²) in [6.45, 7) is 2.02. The molecule has 5 heterocycles. The van der Waals surface area contributed by atoms with E-state index in [9.17, 15) is 0 Å². The number of hydrogen-bond acceptors (Lipinski definition) is 8. The van der Waals surface area contributed by atoms with E-state index in [1.165, 1.54) is 0 Å². The van der Waals surface area contributed by atoms with Crippen LogP contribution in [0.2, 0.25) is 0 Å². The molecule has 0 fully saturated rings. The van der Waals surface area contributed by atoms with Gasteiger partial charge in [-0.3, -0.25) is 4.68 Å². The molecule has 5 aromatic rings. The number of ether oxygens (including phenoxy) is 1. The van der Waals surface area contributed by atoms with Gasteiger partial charge in [0.05, 0.1) is 25.2 Å². The van der Waals surface area contributed by atoms with Gasteiger partial charge in [0.2, 0.25) is 11.8 Å². The third kappa shape index (κ3) is 3.25. The Morgan fingerprint density at radius 2 is 1.84 bits per heavy atom. The summed E-state index contributed by atoms with van der Waals surface area (Å²) in [5.74, 6) is 2.65. The van der Waals surface area contributed by atoms with E-state index in [2.05, 4.69) is 25.4 Å². The third-order valence-corrected chi connectivity index (χ3v) is 4.99. The Kier molecular flexibility index (Phi) is 4.35. The van der Waals surface area contributed by atoms with E-state index >= 15 is 0 Å². The first-order valence-corrected chi connectivity index (χ1v) is 9.54. The lowest BCUT2D eigenvalue weighted by molar-refractivity contribution is 0.411. The Morgan fingerprint density at radius 3 is 2.48 bits per heavy atom. The number of nitrogens with zero attached hydrogens (tertiary/aromatic N) is 9. The molecular weight excluding hydrogens is 396 g/mol. The predicted molar refractivity (Wildman–Crippen MR) is 114 cm³/mol. The minimum Gasteiger partial charge on any atom is -0.494 e. The molecule has 1 N–H and O–H groups in total. The van der Waals surface area contributed by atoms with Crippen LogP contribution in [-0.4, -0.2) is 51.0 Å². The number of rotatable bonds is 5. The minimum absolute atomic E-state index is 0.396. The van der Waals surface area contributed by atoms with Gasteiger partial charge < -0.3 is 14.6 Å². The Bertz CT molecular complexity index is 1380. The smallest absolute Gasteiger partial charge is 0.228 e. The zero-order chi connectivity index (χ0) is 21.5. The van der Waals surface area contributed by atoms with Crippen LogP contribution in [0.5, 0.6) is 5.75 Å². The highest BCUT2D eigenvalue weighted by atomic mass is 16.5. The molecule has 5 aromatic heterocycles. The molecule has 0 aromatic carbocycles. The lowest BCUT2D eigenvalue weighted by Gasteiger charge is -2.10. The lowest BCUT2D eigenvalue weighted by atomic mass is 10.1. The van der Waals surface area contributed by atoms with Crippen molar-refractivity contribution in [1.29, 1.82) is 0 Å². The van der Waals surface area contributed by atoms with Gasteiger partial charge in [-0.2, -0.15) is 5.10 Å². The topological polar surface area (TPSA) is 113 Å². The molecule has 156 valence electrons. The standard InChI is InChI=1S/C20H20N10O/c1-12-14(15-5-7-29(3)26-15)11-30-16(12)17(25-20-22-9-13(31-4)10-23-20)24-18(27-30)19-21-6-8-28(19)2/h5-11H,1-4H3,(H,22,23,24,25,27). The number of aryl methyl sites for hydroxylation is 3. The van der Waals surface area contributed by atoms with Crippen LogP contribution in [0, 0.1) is 6.92 Å². The maximum absolute atomic E-state index is 5.14. The second kappa shape index (κ2) is 7.20. The van der Waals surface area contributed by atoms with Gasteiger partial charge in [-0.05, 0) is 18.6 Å². The molecule has 11 nitrogen and oxygen atoms in total. The summed E-state index contributed by atoms with van der Waals surface area (Å²) >= 11 is 0. The summed E-state index contributed by atoms with van der Waals surface area (Å²) in [7, 11) is 5.36. The summed E-state index contributed by atoms with van der Waals surface area (Å²) in [6.07, 6.45) is 10.6. The van der Waals surface area contributed by atoms with Gasteiger partial charge in [-0.1, -0.05) is 0 Å². The van der Waals surface area contributed by atoms with Crippen molar-refractivity contribution in [2.24, 2.45) is 14.1 Å². The molecule has 0 aliphatic carbocycles. The SMILES string of the molecule is COc1cnc(Nc2nc(-c3nccn3C)nn3cc(-c4ccn(C)n4)c(C)c23)nc1. The van der Waals surface area contributed by atoms with Crippen LogP contribution in [0.3, 0.4) is 0 Å². The highest BCUT2D eigenvalue weighted by Gasteiger charge is 2.20. The van der Waals surface area contributed by atoms with E-state index in [1.54, 1.807) is 34.9 Å². The number of aromatic nitrogens is 9. The number of hydrogen-bond donors (Lipinski definition) is 1. The van der Waals surface area contributed by atoms with E-state index in [0.29, 0.717) is 29.2 Å². The average Bonchev–Trinajstić information content (AvgIpc) is 3.47. The Morgan fingerprint density at radius 1 is 1.03 bits per heavy atom. The van der Waals surface area contributed by atoms with E-state index < -0.39 is 0 Å². The van der Waals surface area contributed by atoms with E-state index in [-0.39, 0.29) is 0 Å². The maximum atomic E-state index is 5.14. The molecule has 0 aliphatic heterocycles. The summed E-state index contributed by atoms with van der Waals surface area (Å²) in [4.78, 5) is 17.8. The van der Waals surface area contributed by atoms with Crippen molar-refractivity contribution in [2.75, 3.05) is 12.4 Å². The second-order valence-electron chi connectivity index (χ2n) is 7.05. The molecule has 0 unspecified atom stereocenters. The Labute approximate surface area is 177 Å². The van der Waals surface area contributed by atoms with Crippen molar-refractivity contribution < 1.29 is 4.74 Å². The minimum atomic E-state index is 0.396. The van der Waals surface area contributed by atoms with Crippen LogP contribution in [-0.2, 0) is 14.1 Å². The number of imidazole rings is 1. The van der Waals surface area contributed by atoms with Crippen LogP contribution in [0.4, 0.5) is 11.8 Å². The van der Waals surface area contributed by atoms with Gasteiger partial charge in [0.15, 0.2) is 17.4 Å². The van der Waals surface area contributed by atoms with E-state index in [4.69, 9.17) is 14.8 Å². The molecule has 0 saturated heterocycles. The van der Waals surface area contributed by atoms with E-state index in [0.717, 1.165) is 22.3 Å². The fraction of sp³-hybridized carbons (Fsp3) is 0.200. The summed E-state index contributed by atoms with van der Waals surface area (Å²) in [5.41, 5.74) is 3.61. The van der Waals surface area contributed by atoms with Crippen molar-refractivity contribution in [3.63, 3.8) is 0 Å². The Balaban J connectivity index is 1.69. The number of methoxy groups -OCH3 is 1. The lowest BCUT2D eigenvalue weighted by Crippen LogP contribution is -2.07. The first kappa shape index (κ1) is 18.7. The van der Waals surface area contributed by atoms with Gasteiger partial charge in [-0.25, -0.2) is 24.5 Å². The van der Waals surface area contributed by atoms with Gasteiger partial charge in [0.1, 0.15) is 5.52 Å². The van der Waals surface area contributed by atoms with Crippen molar-refractivity contribution in [3.8, 4) is 28.7 Å². The third-order valence-electron chi connectivity index (χ3n) is 4.99. The first-order valence-electron chi connectivity index (χ1n) is 9.54. The molecule has 0 radical (unpaired) electrons. The predicted octanol–water partition coefficient (Wildman–Crippen LogP) is 2.38. The molecule has 31 heavy (non-hydrogen) atoms. The highest BCUT2D eigenvalue weighted by Crippen LogP contribution is 2.32. The highest BCUT2D eigenvalue weighted by molar-refractivity contribution is 5.83. The zero-order valence-corrected chi connectivity index (χ0v) is 17.5. The molecule has 0 spiro atoms. The molecule has 5 rings (SSSR count). The normalized spacial score (nSPS) is 11.2. The largest absolute Gasteiger partial charge is 0.494 e. The quantitative estimate of drug-likeness (QED) is 0.465. The van der Waals surface area contributed by atoms with Crippen LogP contribution in [0.15, 0.2) is 43.2 Å². The van der Waals surface area contributed by atoms with Crippen molar-refractivity contribution in [2.45, 2.75) is 6.92 Å². The van der Waals surface area contributed by atoms with E-state index in [1.807, 2.05) is 50.2 Å². The molecule has 11 heteroatoms. The summed E-state index contributed by atoms with van der Waals surface area (Å²) in [5, 5.41) is 12.5. The van der Waals surface area contributed by atoms with Crippen LogP contribution >= 0.6 is 0 Å². The molecule has 0 saturated carbocycles. The molecule has 0 aliphatic rings. The van der Waals surface area contributed by atoms with Crippen molar-refractivity contribution in [1.82, 2.24) is 43.9 Å². The Hall–Kier alpha value is -4.28. The number of nitrogens with one attached hydrogen (secondary N) is 1. The van der Waals surface area contributed by atoms with Gasteiger partial charge in [0, 0.05) is 44.4 Å². The fourth-order valence-corrected chi connectivity index (χ4v) is 3.40. The molecule has 0 atom stereocenters. The molecular formula is C20H20N10O. The molecule has 0 bridgehead atoms. The van der Waals surface area contributed by atoms with Crippen LogP contribution in [0.1, 0.15) is 5.56 Å². The van der Waals surface area contributed by atoms with Crippen LogP contribution < -0.4 is 10.1 Å². The molecule has 0 amide bonds. The monoisotopic (exact) mass is 416 g/mol. The maximum Gasteiger partial charge on any atom is 0.228 e. The summed E-state index contributed by atoms with van der Waals surface area (Å²) in [6, 6.07) is 1.97. The number of anilines is 2. The zero-order valence-electron chi connectivity index (χ0n) is 17.5.